The summed E-state index contributed by atoms with van der Waals surface area (Å²) in [7, 11) is -4.08. The van der Waals surface area contributed by atoms with Gasteiger partial charge in [0, 0.05) is 38.7 Å². The van der Waals surface area contributed by atoms with Gasteiger partial charge in [0.25, 0.3) is 15.7 Å². The molecular weight excluding hydrogens is 652 g/mol. The van der Waals surface area contributed by atoms with Gasteiger partial charge >= 0.3 is 0 Å². The number of aromatic amines is 1. The number of benzene rings is 1. The van der Waals surface area contributed by atoms with Crippen LogP contribution >= 0.6 is 0 Å². The van der Waals surface area contributed by atoms with E-state index in [0.717, 1.165) is 12.0 Å². The van der Waals surface area contributed by atoms with Gasteiger partial charge in [0.15, 0.2) is 0 Å². The number of hydrogen-bond donors (Lipinski definition) is 2. The van der Waals surface area contributed by atoms with Crippen molar-refractivity contribution in [1.29, 1.82) is 0 Å². The Labute approximate surface area is 277 Å². The SMILES string of the molecule is CCCOc1ccc(S(=O)(=O)N2CCC(C(O)(CCO[N+](=O)[O-])CCO[N+](=O)[O-])CC2)cc1-c1nc2c(CCC)cn(CC)c2c(=O)[nH]1. The van der Waals surface area contributed by atoms with E-state index in [1.807, 2.05) is 31.5 Å². The first kappa shape index (κ1) is 36.5. The van der Waals surface area contributed by atoms with Crippen LogP contribution in [-0.2, 0) is 32.7 Å². The lowest BCUT2D eigenvalue weighted by Gasteiger charge is -2.41. The molecule has 0 saturated carbocycles. The lowest BCUT2D eigenvalue weighted by Crippen LogP contribution is -2.48. The second-order valence-corrected chi connectivity index (χ2v) is 13.6. The Morgan fingerprint density at radius 2 is 1.69 bits per heavy atom. The number of piperidine rings is 1. The van der Waals surface area contributed by atoms with Gasteiger partial charge < -0.3 is 29.1 Å². The van der Waals surface area contributed by atoms with Gasteiger partial charge in [-0.3, -0.25) is 4.79 Å². The van der Waals surface area contributed by atoms with Gasteiger partial charge in [0.05, 0.1) is 41.4 Å². The van der Waals surface area contributed by atoms with Crippen molar-refractivity contribution in [2.75, 3.05) is 32.9 Å². The molecule has 1 saturated heterocycles. The Hall–Kier alpha value is -4.29. The molecular formula is C30H42N6O11S. The minimum atomic E-state index is -4.08. The van der Waals surface area contributed by atoms with E-state index in [2.05, 4.69) is 14.7 Å². The maximum Gasteiger partial charge on any atom is 0.294 e. The summed E-state index contributed by atoms with van der Waals surface area (Å²) in [5.41, 5.74) is 0.249. The molecule has 2 N–H and O–H groups in total. The lowest BCUT2D eigenvalue weighted by molar-refractivity contribution is -0.759. The van der Waals surface area contributed by atoms with Crippen LogP contribution in [-0.4, -0.2) is 81.0 Å². The Morgan fingerprint density at radius 1 is 1.04 bits per heavy atom. The van der Waals surface area contributed by atoms with Crippen LogP contribution in [0.4, 0.5) is 0 Å². The molecule has 0 unspecified atom stereocenters. The molecule has 3 heterocycles. The standard InChI is InChI=1S/C30H42N6O11S/c1-4-7-21-20-33(6-3)27-26(21)31-28(32-29(27)37)24-19-23(8-9-25(24)45-16-5-2)48(43,44)34-14-10-22(11-15-34)30(38,12-17-46-35(39)40)13-18-47-36(41)42/h8-9,19-20,22,38H,4-7,10-18H2,1-3H3,(H,31,32,37). The number of nitrogens with zero attached hydrogens (tertiary/aromatic N) is 5. The molecule has 3 aromatic rings. The largest absolute Gasteiger partial charge is 0.493 e. The Morgan fingerprint density at radius 3 is 2.25 bits per heavy atom. The van der Waals surface area contributed by atoms with E-state index in [1.165, 1.54) is 16.4 Å². The van der Waals surface area contributed by atoms with Crippen molar-refractivity contribution in [1.82, 2.24) is 18.8 Å². The predicted molar refractivity (Wildman–Crippen MR) is 173 cm³/mol. The van der Waals surface area contributed by atoms with Crippen LogP contribution in [0, 0.1) is 26.1 Å². The van der Waals surface area contributed by atoms with Gasteiger partial charge in [-0.15, -0.1) is 20.2 Å². The minimum Gasteiger partial charge on any atom is -0.493 e. The lowest BCUT2D eigenvalue weighted by atomic mass is 9.77. The third-order valence-electron chi connectivity index (χ3n) is 8.64. The Kier molecular flexibility index (Phi) is 12.0. The fraction of sp³-hybridized carbons (Fsp3) is 0.600. The third-order valence-corrected chi connectivity index (χ3v) is 10.5. The molecule has 0 radical (unpaired) electrons. The fourth-order valence-electron chi connectivity index (χ4n) is 6.20. The van der Waals surface area contributed by atoms with Gasteiger partial charge in [-0.2, -0.15) is 4.31 Å². The number of aromatic nitrogens is 3. The van der Waals surface area contributed by atoms with E-state index in [9.17, 15) is 38.5 Å². The molecule has 1 aliphatic rings. The van der Waals surface area contributed by atoms with Crippen molar-refractivity contribution in [3.05, 3.63) is 60.5 Å². The number of sulfonamides is 1. The molecule has 48 heavy (non-hydrogen) atoms. The molecule has 1 aromatic carbocycles. The van der Waals surface area contributed by atoms with Crippen LogP contribution in [0.2, 0.25) is 0 Å². The smallest absolute Gasteiger partial charge is 0.294 e. The van der Waals surface area contributed by atoms with Crippen LogP contribution in [0.25, 0.3) is 22.4 Å². The molecule has 0 atom stereocenters. The summed E-state index contributed by atoms with van der Waals surface area (Å²) < 4.78 is 37.0. The zero-order chi connectivity index (χ0) is 35.1. The summed E-state index contributed by atoms with van der Waals surface area (Å²) in [6.07, 6.45) is 4.13. The average Bonchev–Trinajstić information content (AvgIpc) is 3.41. The van der Waals surface area contributed by atoms with Crippen LogP contribution in [0.15, 0.2) is 34.1 Å². The molecule has 1 aliphatic heterocycles. The minimum absolute atomic E-state index is 0.0108. The average molecular weight is 695 g/mol. The number of aliphatic hydroxyl groups is 1. The molecule has 18 heteroatoms. The van der Waals surface area contributed by atoms with E-state index < -0.39 is 44.9 Å². The first-order valence-electron chi connectivity index (χ1n) is 16.0. The van der Waals surface area contributed by atoms with Crippen molar-refractivity contribution >= 4 is 21.1 Å². The van der Waals surface area contributed by atoms with Gasteiger partial charge in [0.2, 0.25) is 10.0 Å². The summed E-state index contributed by atoms with van der Waals surface area (Å²) >= 11 is 0. The van der Waals surface area contributed by atoms with Crippen molar-refractivity contribution in [2.45, 2.75) is 82.8 Å². The van der Waals surface area contributed by atoms with Crippen LogP contribution in [0.5, 0.6) is 5.75 Å². The third kappa shape index (κ3) is 8.22. The predicted octanol–water partition coefficient (Wildman–Crippen LogP) is 3.48. The maximum atomic E-state index is 13.9. The number of ether oxygens (including phenoxy) is 1. The number of aryl methyl sites for hydroxylation is 2. The van der Waals surface area contributed by atoms with E-state index in [1.54, 1.807) is 6.07 Å². The number of H-pyrrole nitrogens is 1. The molecule has 17 nitrogen and oxygen atoms in total. The van der Waals surface area contributed by atoms with E-state index >= 15 is 0 Å². The Bertz CT molecular complexity index is 1750. The van der Waals surface area contributed by atoms with Gasteiger partial charge in [-0.25, -0.2) is 13.4 Å². The topological polar surface area (TPSA) is 222 Å². The second kappa shape index (κ2) is 15.7. The fourth-order valence-corrected chi connectivity index (χ4v) is 7.70. The highest BCUT2D eigenvalue weighted by Crippen LogP contribution is 2.37. The highest BCUT2D eigenvalue weighted by atomic mass is 32.2. The molecule has 4 rings (SSSR count). The number of fused-ring (bicyclic) bond motifs is 1. The van der Waals surface area contributed by atoms with Gasteiger partial charge in [-0.1, -0.05) is 20.3 Å². The first-order valence-corrected chi connectivity index (χ1v) is 17.4. The molecule has 2 aromatic heterocycles. The molecule has 0 amide bonds. The van der Waals surface area contributed by atoms with Crippen LogP contribution in [0.3, 0.4) is 0 Å². The van der Waals surface area contributed by atoms with E-state index in [4.69, 9.17) is 9.72 Å². The monoisotopic (exact) mass is 694 g/mol. The van der Waals surface area contributed by atoms with Gasteiger partial charge in [-0.05, 0) is 62.3 Å². The summed E-state index contributed by atoms with van der Waals surface area (Å²) in [5, 5.41) is 30.7. The highest BCUT2D eigenvalue weighted by Gasteiger charge is 2.41. The summed E-state index contributed by atoms with van der Waals surface area (Å²) in [6.45, 7) is 5.98. The molecule has 1 fully saturated rings. The van der Waals surface area contributed by atoms with Crippen molar-refractivity contribution in [2.24, 2.45) is 5.92 Å². The van der Waals surface area contributed by atoms with Crippen LogP contribution < -0.4 is 10.3 Å². The normalized spacial score (nSPS) is 14.7. The van der Waals surface area contributed by atoms with Crippen molar-refractivity contribution in [3.63, 3.8) is 0 Å². The zero-order valence-corrected chi connectivity index (χ0v) is 28.1. The van der Waals surface area contributed by atoms with E-state index in [-0.39, 0.29) is 55.1 Å². The van der Waals surface area contributed by atoms with E-state index in [0.29, 0.717) is 48.3 Å². The van der Waals surface area contributed by atoms with Gasteiger partial charge in [0.1, 0.15) is 17.1 Å². The summed E-state index contributed by atoms with van der Waals surface area (Å²) in [6, 6.07) is 4.41. The Balaban J connectivity index is 1.64. The second-order valence-electron chi connectivity index (χ2n) is 11.7. The molecule has 0 bridgehead atoms. The maximum absolute atomic E-state index is 13.9. The summed E-state index contributed by atoms with van der Waals surface area (Å²) in [5.74, 6) is 0.00577. The summed E-state index contributed by atoms with van der Waals surface area (Å²) in [4.78, 5) is 51.0. The molecule has 264 valence electrons. The molecule has 0 spiro atoms. The number of nitrogens with one attached hydrogen (secondary N) is 1. The van der Waals surface area contributed by atoms with Crippen LogP contribution in [0.1, 0.15) is 64.9 Å². The number of rotatable bonds is 18. The first-order chi connectivity index (χ1) is 22.8. The molecule has 0 aliphatic carbocycles. The number of hydrogen-bond acceptors (Lipinski definition) is 12. The van der Waals surface area contributed by atoms with Crippen molar-refractivity contribution in [3.8, 4) is 17.1 Å². The zero-order valence-electron chi connectivity index (χ0n) is 27.3. The highest BCUT2D eigenvalue weighted by molar-refractivity contribution is 7.89. The van der Waals surface area contributed by atoms with Crippen molar-refractivity contribution < 1.29 is 38.1 Å². The quantitative estimate of drug-likeness (QED) is 0.144.